The molecule has 1 aliphatic rings. The predicted molar refractivity (Wildman–Crippen MR) is 127 cm³/mol. The summed E-state index contributed by atoms with van der Waals surface area (Å²) in [5.74, 6) is -0.714. The van der Waals surface area contributed by atoms with Gasteiger partial charge in [-0.25, -0.2) is 0 Å². The van der Waals surface area contributed by atoms with Crippen LogP contribution in [0.25, 0.3) is 0 Å². The molecule has 0 spiro atoms. The van der Waals surface area contributed by atoms with Gasteiger partial charge in [0, 0.05) is 13.1 Å². The zero-order chi connectivity index (χ0) is 24.2. The zero-order valence-corrected chi connectivity index (χ0v) is 19.9. The molecule has 1 amide bonds. The molecule has 1 saturated heterocycles. The highest BCUT2D eigenvalue weighted by Crippen LogP contribution is 2.37. The van der Waals surface area contributed by atoms with Crippen molar-refractivity contribution in [1.29, 1.82) is 0 Å². The van der Waals surface area contributed by atoms with E-state index in [1.165, 1.54) is 29.8 Å². The van der Waals surface area contributed by atoms with Gasteiger partial charge in [0.05, 0.1) is 15.5 Å². The fraction of sp³-hybridized carbons (Fsp3) is 0.400. The maximum absolute atomic E-state index is 13.9. The van der Waals surface area contributed by atoms with E-state index in [-0.39, 0.29) is 10.6 Å². The number of halogens is 5. The third-order valence-corrected chi connectivity index (χ3v) is 7.02. The number of rotatable bonds is 7. The van der Waals surface area contributed by atoms with Gasteiger partial charge >= 0.3 is 6.18 Å². The summed E-state index contributed by atoms with van der Waals surface area (Å²) in [7, 11) is 0. The summed E-state index contributed by atoms with van der Waals surface area (Å²) in [5, 5.41) is 2.83. The summed E-state index contributed by atoms with van der Waals surface area (Å²) >= 11 is 12.2. The van der Waals surface area contributed by atoms with Crippen LogP contribution in [-0.4, -0.2) is 36.6 Å². The minimum absolute atomic E-state index is 0.0237. The first-order valence-corrected chi connectivity index (χ1v) is 11.5. The molecule has 1 heterocycles. The van der Waals surface area contributed by atoms with Crippen molar-refractivity contribution >= 4 is 29.1 Å². The number of benzene rings is 2. The molecule has 0 aromatic heterocycles. The lowest BCUT2D eigenvalue weighted by atomic mass is 9.78. The Morgan fingerprint density at radius 3 is 2.30 bits per heavy atom. The third kappa shape index (κ3) is 6.31. The molecule has 0 saturated carbocycles. The quantitative estimate of drug-likeness (QED) is 0.430. The second kappa shape index (κ2) is 10.5. The predicted octanol–water partition coefficient (Wildman–Crippen LogP) is 6.71. The van der Waals surface area contributed by atoms with E-state index < -0.39 is 23.5 Å². The second-order valence-electron chi connectivity index (χ2n) is 8.66. The van der Waals surface area contributed by atoms with Crippen molar-refractivity contribution in [3.05, 3.63) is 81.9 Å². The van der Waals surface area contributed by atoms with Crippen molar-refractivity contribution in [2.45, 2.75) is 43.8 Å². The molecule has 2 aromatic rings. The van der Waals surface area contributed by atoms with Crippen LogP contribution >= 0.6 is 23.2 Å². The van der Waals surface area contributed by atoms with Gasteiger partial charge in [-0.15, -0.1) is 0 Å². The highest BCUT2D eigenvalue weighted by atomic mass is 35.5. The van der Waals surface area contributed by atoms with Crippen molar-refractivity contribution < 1.29 is 18.0 Å². The summed E-state index contributed by atoms with van der Waals surface area (Å²) in [5.41, 5.74) is 0.433. The Morgan fingerprint density at radius 1 is 1.09 bits per heavy atom. The van der Waals surface area contributed by atoms with Crippen LogP contribution in [0.1, 0.15) is 43.4 Å². The van der Waals surface area contributed by atoms with Gasteiger partial charge in [0.2, 0.25) is 5.91 Å². The number of hydrogen-bond donors (Lipinski definition) is 1. The Morgan fingerprint density at radius 2 is 1.73 bits per heavy atom. The van der Waals surface area contributed by atoms with Crippen LogP contribution in [0.4, 0.5) is 13.2 Å². The van der Waals surface area contributed by atoms with Gasteiger partial charge in [-0.05, 0) is 56.0 Å². The molecule has 2 aromatic carbocycles. The van der Waals surface area contributed by atoms with Crippen LogP contribution in [0.15, 0.2) is 60.7 Å². The first-order chi connectivity index (χ1) is 15.5. The SMILES string of the molecule is C=C1CCN(CCC(C)(C(=O)NC(c2ccccc2)C(F)(F)F)c2ccc(Cl)c(Cl)c2)CC1. The van der Waals surface area contributed by atoms with Crippen molar-refractivity contribution in [3.8, 4) is 0 Å². The lowest BCUT2D eigenvalue weighted by molar-refractivity contribution is -0.165. The minimum atomic E-state index is -4.65. The smallest absolute Gasteiger partial charge is 0.340 e. The Balaban J connectivity index is 1.90. The monoisotopic (exact) mass is 498 g/mol. The molecule has 1 fully saturated rings. The fourth-order valence-corrected chi connectivity index (χ4v) is 4.29. The van der Waals surface area contributed by atoms with Crippen molar-refractivity contribution in [1.82, 2.24) is 10.2 Å². The lowest BCUT2D eigenvalue weighted by Crippen LogP contribution is -2.49. The van der Waals surface area contributed by atoms with Crippen LogP contribution < -0.4 is 5.32 Å². The standard InChI is InChI=1S/C25H27Cl2F3N2O/c1-17-10-13-32(14-11-17)15-12-24(2,19-8-9-20(26)21(27)16-19)23(33)31-22(25(28,29)30)18-6-4-3-5-7-18/h3-9,16,22H,1,10-15H2,2H3,(H,31,33). The molecule has 3 nitrogen and oxygen atoms in total. The molecule has 2 atom stereocenters. The molecular weight excluding hydrogens is 472 g/mol. The summed E-state index contributed by atoms with van der Waals surface area (Å²) in [6, 6.07) is 10.0. The van der Waals surface area contributed by atoms with Crippen LogP contribution in [0.5, 0.6) is 0 Å². The van der Waals surface area contributed by atoms with Crippen LogP contribution in [0.2, 0.25) is 10.0 Å². The number of nitrogens with one attached hydrogen (secondary N) is 1. The molecule has 0 aliphatic carbocycles. The third-order valence-electron chi connectivity index (χ3n) is 6.28. The van der Waals surface area contributed by atoms with Crippen molar-refractivity contribution in [3.63, 3.8) is 0 Å². The summed E-state index contributed by atoms with van der Waals surface area (Å²) in [6.07, 6.45) is -2.58. The summed E-state index contributed by atoms with van der Waals surface area (Å²) in [4.78, 5) is 15.7. The normalized spacial score (nSPS) is 17.9. The number of likely N-dealkylation sites (tertiary alicyclic amines) is 1. The maximum atomic E-state index is 13.9. The van der Waals surface area contributed by atoms with Crippen LogP contribution in [0.3, 0.4) is 0 Å². The highest BCUT2D eigenvalue weighted by Gasteiger charge is 2.45. The van der Waals surface area contributed by atoms with E-state index in [0.717, 1.165) is 25.9 Å². The molecule has 2 unspecified atom stereocenters. The largest absolute Gasteiger partial charge is 0.412 e. The number of piperidine rings is 1. The number of alkyl halides is 3. The molecule has 178 valence electrons. The molecule has 33 heavy (non-hydrogen) atoms. The van der Waals surface area contributed by atoms with Gasteiger partial charge in [-0.2, -0.15) is 13.2 Å². The first-order valence-electron chi connectivity index (χ1n) is 10.8. The fourth-order valence-electron chi connectivity index (χ4n) is 3.99. The highest BCUT2D eigenvalue weighted by molar-refractivity contribution is 6.42. The van der Waals surface area contributed by atoms with Gasteiger partial charge < -0.3 is 10.2 Å². The molecule has 3 rings (SSSR count). The lowest BCUT2D eigenvalue weighted by Gasteiger charge is -2.35. The van der Waals surface area contributed by atoms with Crippen LogP contribution in [-0.2, 0) is 10.2 Å². The number of carbonyl (C=O) groups excluding carboxylic acids is 1. The van der Waals surface area contributed by atoms with Gasteiger partial charge in [-0.1, -0.05) is 71.8 Å². The summed E-state index contributed by atoms with van der Waals surface area (Å²) in [6.45, 7) is 7.85. The molecule has 0 radical (unpaired) electrons. The molecule has 1 N–H and O–H groups in total. The topological polar surface area (TPSA) is 32.3 Å². The van der Waals surface area contributed by atoms with E-state index >= 15 is 0 Å². The summed E-state index contributed by atoms with van der Waals surface area (Å²) < 4.78 is 41.8. The van der Waals surface area contributed by atoms with Gasteiger partial charge in [0.25, 0.3) is 0 Å². The molecular formula is C25H27Cl2F3N2O. The number of amides is 1. The molecule has 8 heteroatoms. The van der Waals surface area contributed by atoms with E-state index in [2.05, 4.69) is 16.8 Å². The minimum Gasteiger partial charge on any atom is -0.340 e. The number of hydrogen-bond acceptors (Lipinski definition) is 2. The second-order valence-corrected chi connectivity index (χ2v) is 9.48. The van der Waals surface area contributed by atoms with Gasteiger partial charge in [0.1, 0.15) is 0 Å². The average molecular weight is 499 g/mol. The Hall–Kier alpha value is -2.02. The van der Waals surface area contributed by atoms with Crippen molar-refractivity contribution in [2.24, 2.45) is 0 Å². The first kappa shape index (κ1) is 25.6. The molecule has 1 aliphatic heterocycles. The van der Waals surface area contributed by atoms with E-state index in [0.29, 0.717) is 23.6 Å². The van der Waals surface area contributed by atoms with E-state index in [1.54, 1.807) is 31.2 Å². The maximum Gasteiger partial charge on any atom is 0.412 e. The van der Waals surface area contributed by atoms with Gasteiger partial charge in [0.15, 0.2) is 6.04 Å². The van der Waals surface area contributed by atoms with E-state index in [1.807, 2.05) is 0 Å². The van der Waals surface area contributed by atoms with Crippen LogP contribution in [0, 0.1) is 0 Å². The molecule has 0 bridgehead atoms. The Bertz CT molecular complexity index is 987. The zero-order valence-electron chi connectivity index (χ0n) is 18.4. The van der Waals surface area contributed by atoms with E-state index in [9.17, 15) is 18.0 Å². The Labute approximate surface area is 202 Å². The van der Waals surface area contributed by atoms with Crippen molar-refractivity contribution in [2.75, 3.05) is 19.6 Å². The number of nitrogens with zero attached hydrogens (tertiary/aromatic N) is 1. The average Bonchev–Trinajstić information content (AvgIpc) is 2.78. The number of carbonyl (C=O) groups is 1. The van der Waals surface area contributed by atoms with Gasteiger partial charge in [-0.3, -0.25) is 4.79 Å². The van der Waals surface area contributed by atoms with E-state index in [4.69, 9.17) is 23.2 Å². The Kier molecular flexibility index (Phi) is 8.14.